The van der Waals surface area contributed by atoms with Gasteiger partial charge < -0.3 is 4.74 Å². The Kier molecular flexibility index (Phi) is 3.66. The van der Waals surface area contributed by atoms with Crippen LogP contribution in [0.5, 0.6) is 0 Å². The van der Waals surface area contributed by atoms with E-state index in [4.69, 9.17) is 4.74 Å². The Bertz CT molecular complexity index is 484. The van der Waals surface area contributed by atoms with E-state index in [1.165, 1.54) is 19.1 Å². The Morgan fingerprint density at radius 3 is 2.79 bits per heavy atom. The summed E-state index contributed by atoms with van der Waals surface area (Å²) in [5.41, 5.74) is 2.38. The van der Waals surface area contributed by atoms with Crippen LogP contribution in [-0.4, -0.2) is 18.9 Å². The fourth-order valence-corrected chi connectivity index (χ4v) is 3.34. The summed E-state index contributed by atoms with van der Waals surface area (Å²) in [7, 11) is 1.35. The van der Waals surface area contributed by atoms with Crippen molar-refractivity contribution in [2.75, 3.05) is 7.11 Å². The van der Waals surface area contributed by atoms with Gasteiger partial charge in [0.15, 0.2) is 5.78 Å². The standard InChI is InChI=1S/C16H22O3/c1-10-6-5-7-12-8-14(17)13(9-16(10,12)3)11(2)15(18)19-4/h8,10H,5-7,9H2,1-4H3/b13-11-/t10-,16+/m0/s1. The molecule has 0 N–H and O–H groups in total. The number of fused-ring (bicyclic) bond motifs is 1. The van der Waals surface area contributed by atoms with Crippen LogP contribution >= 0.6 is 0 Å². The van der Waals surface area contributed by atoms with E-state index in [9.17, 15) is 9.59 Å². The van der Waals surface area contributed by atoms with Crippen molar-refractivity contribution in [2.45, 2.75) is 46.5 Å². The second-order valence-corrected chi connectivity index (χ2v) is 6.02. The van der Waals surface area contributed by atoms with E-state index in [1.807, 2.05) is 0 Å². The molecule has 0 aromatic rings. The highest BCUT2D eigenvalue weighted by Gasteiger charge is 2.42. The molecule has 0 heterocycles. The lowest BCUT2D eigenvalue weighted by Gasteiger charge is -2.45. The molecule has 1 saturated carbocycles. The van der Waals surface area contributed by atoms with Gasteiger partial charge in [-0.3, -0.25) is 4.79 Å². The monoisotopic (exact) mass is 262 g/mol. The van der Waals surface area contributed by atoms with Gasteiger partial charge in [-0.05, 0) is 50.0 Å². The van der Waals surface area contributed by atoms with Crippen LogP contribution in [-0.2, 0) is 14.3 Å². The Balaban J connectivity index is 2.46. The van der Waals surface area contributed by atoms with Gasteiger partial charge in [0.1, 0.15) is 0 Å². The largest absolute Gasteiger partial charge is 0.466 e. The second kappa shape index (κ2) is 4.95. The number of carbonyl (C=O) groups excluding carboxylic acids is 2. The predicted octanol–water partition coefficient (Wildman–Crippen LogP) is 3.20. The molecule has 2 atom stereocenters. The van der Waals surface area contributed by atoms with Crippen molar-refractivity contribution >= 4 is 11.8 Å². The second-order valence-electron chi connectivity index (χ2n) is 6.02. The summed E-state index contributed by atoms with van der Waals surface area (Å²) in [6.45, 7) is 6.16. The lowest BCUT2D eigenvalue weighted by molar-refractivity contribution is -0.136. The first-order valence-electron chi connectivity index (χ1n) is 6.93. The molecule has 0 aromatic heterocycles. The van der Waals surface area contributed by atoms with E-state index in [2.05, 4.69) is 13.8 Å². The van der Waals surface area contributed by atoms with Gasteiger partial charge in [-0.1, -0.05) is 19.4 Å². The van der Waals surface area contributed by atoms with Gasteiger partial charge in [0.2, 0.25) is 0 Å². The molecule has 2 aliphatic carbocycles. The van der Waals surface area contributed by atoms with Crippen molar-refractivity contribution in [1.82, 2.24) is 0 Å². The number of hydrogen-bond acceptors (Lipinski definition) is 3. The quantitative estimate of drug-likeness (QED) is 0.538. The molecule has 0 amide bonds. The van der Waals surface area contributed by atoms with Crippen LogP contribution in [0.1, 0.15) is 46.5 Å². The van der Waals surface area contributed by atoms with Gasteiger partial charge in [-0.2, -0.15) is 0 Å². The van der Waals surface area contributed by atoms with Crippen LogP contribution in [0.25, 0.3) is 0 Å². The Morgan fingerprint density at radius 2 is 2.16 bits per heavy atom. The van der Waals surface area contributed by atoms with Crippen molar-refractivity contribution in [3.8, 4) is 0 Å². The van der Waals surface area contributed by atoms with Crippen LogP contribution in [0, 0.1) is 11.3 Å². The molecule has 104 valence electrons. The van der Waals surface area contributed by atoms with E-state index < -0.39 is 5.97 Å². The van der Waals surface area contributed by atoms with Crippen molar-refractivity contribution in [1.29, 1.82) is 0 Å². The molecule has 0 radical (unpaired) electrons. The van der Waals surface area contributed by atoms with Crippen molar-refractivity contribution in [2.24, 2.45) is 11.3 Å². The summed E-state index contributed by atoms with van der Waals surface area (Å²) in [6.07, 6.45) is 5.79. The van der Waals surface area contributed by atoms with Crippen LogP contribution in [0.3, 0.4) is 0 Å². The summed E-state index contributed by atoms with van der Waals surface area (Å²) in [6, 6.07) is 0. The summed E-state index contributed by atoms with van der Waals surface area (Å²) in [5.74, 6) is 0.137. The van der Waals surface area contributed by atoms with E-state index in [0.29, 0.717) is 23.5 Å². The molecule has 3 heteroatoms. The van der Waals surface area contributed by atoms with Gasteiger partial charge >= 0.3 is 5.97 Å². The lowest BCUT2D eigenvalue weighted by atomic mass is 9.59. The zero-order chi connectivity index (χ0) is 14.2. The van der Waals surface area contributed by atoms with E-state index in [1.54, 1.807) is 13.0 Å². The molecule has 2 rings (SSSR count). The number of carbonyl (C=O) groups is 2. The first-order chi connectivity index (χ1) is 8.90. The van der Waals surface area contributed by atoms with E-state index >= 15 is 0 Å². The predicted molar refractivity (Wildman–Crippen MR) is 73.5 cm³/mol. The van der Waals surface area contributed by atoms with Crippen LogP contribution in [0.4, 0.5) is 0 Å². The Hall–Kier alpha value is -1.38. The number of esters is 1. The van der Waals surface area contributed by atoms with Gasteiger partial charge in [0, 0.05) is 11.1 Å². The van der Waals surface area contributed by atoms with E-state index in [0.717, 1.165) is 12.8 Å². The number of ketones is 1. The Labute approximate surface area is 114 Å². The molecule has 3 nitrogen and oxygen atoms in total. The van der Waals surface area contributed by atoms with Crippen molar-refractivity contribution in [3.63, 3.8) is 0 Å². The van der Waals surface area contributed by atoms with Gasteiger partial charge in [0.05, 0.1) is 7.11 Å². The Morgan fingerprint density at radius 1 is 1.47 bits per heavy atom. The highest BCUT2D eigenvalue weighted by atomic mass is 16.5. The first kappa shape index (κ1) is 14.0. The first-order valence-corrected chi connectivity index (χ1v) is 6.93. The third kappa shape index (κ3) is 2.26. The fraction of sp³-hybridized carbons (Fsp3) is 0.625. The maximum Gasteiger partial charge on any atom is 0.333 e. The molecule has 2 aliphatic rings. The van der Waals surface area contributed by atoms with Crippen LogP contribution in [0.2, 0.25) is 0 Å². The van der Waals surface area contributed by atoms with E-state index in [-0.39, 0.29) is 11.2 Å². The molecule has 1 fully saturated rings. The molecule has 0 unspecified atom stereocenters. The number of hydrogen-bond donors (Lipinski definition) is 0. The van der Waals surface area contributed by atoms with Gasteiger partial charge in [0.25, 0.3) is 0 Å². The highest BCUT2D eigenvalue weighted by molar-refractivity contribution is 6.10. The highest BCUT2D eigenvalue weighted by Crippen LogP contribution is 2.51. The molecule has 0 spiro atoms. The zero-order valence-electron chi connectivity index (χ0n) is 12.2. The topological polar surface area (TPSA) is 43.4 Å². The molecule has 0 aliphatic heterocycles. The molecular formula is C16H22O3. The minimum Gasteiger partial charge on any atom is -0.466 e. The average Bonchev–Trinajstić information content (AvgIpc) is 2.39. The molecular weight excluding hydrogens is 240 g/mol. The van der Waals surface area contributed by atoms with Gasteiger partial charge in [-0.25, -0.2) is 4.79 Å². The number of allylic oxidation sites excluding steroid dienone is 3. The third-order valence-corrected chi connectivity index (χ3v) is 5.00. The summed E-state index contributed by atoms with van der Waals surface area (Å²) < 4.78 is 4.74. The zero-order valence-corrected chi connectivity index (χ0v) is 12.2. The van der Waals surface area contributed by atoms with Crippen LogP contribution in [0.15, 0.2) is 22.8 Å². The van der Waals surface area contributed by atoms with Crippen molar-refractivity contribution < 1.29 is 14.3 Å². The summed E-state index contributed by atoms with van der Waals surface area (Å²) >= 11 is 0. The number of rotatable bonds is 1. The SMILES string of the molecule is COC(=O)/C(C)=C1/C[C@@]2(C)C(=CC1=O)CCC[C@@H]2C. The maximum atomic E-state index is 12.2. The molecule has 0 aromatic carbocycles. The third-order valence-electron chi connectivity index (χ3n) is 5.00. The maximum absolute atomic E-state index is 12.2. The normalized spacial score (nSPS) is 33.4. The smallest absolute Gasteiger partial charge is 0.333 e. The minimum atomic E-state index is -0.396. The summed E-state index contributed by atoms with van der Waals surface area (Å²) in [5, 5.41) is 0. The summed E-state index contributed by atoms with van der Waals surface area (Å²) in [4.78, 5) is 23.9. The molecule has 19 heavy (non-hydrogen) atoms. The fourth-order valence-electron chi connectivity index (χ4n) is 3.34. The number of methoxy groups -OCH3 is 1. The van der Waals surface area contributed by atoms with Gasteiger partial charge in [-0.15, -0.1) is 0 Å². The van der Waals surface area contributed by atoms with Crippen LogP contribution < -0.4 is 0 Å². The molecule has 0 bridgehead atoms. The number of ether oxygens (including phenoxy) is 1. The lowest BCUT2D eigenvalue weighted by Crippen LogP contribution is -2.36. The molecule has 0 saturated heterocycles. The minimum absolute atomic E-state index is 0.00975. The average molecular weight is 262 g/mol. The van der Waals surface area contributed by atoms with Crippen molar-refractivity contribution in [3.05, 3.63) is 22.8 Å².